The smallest absolute Gasteiger partial charge is 0.230 e. The van der Waals surface area contributed by atoms with Gasteiger partial charge < -0.3 is 9.67 Å². The van der Waals surface area contributed by atoms with Crippen molar-refractivity contribution in [3.63, 3.8) is 0 Å². The molecule has 0 aliphatic carbocycles. The first-order valence-electron chi connectivity index (χ1n) is 9.77. The lowest BCUT2D eigenvalue weighted by molar-refractivity contribution is 0.471. The quantitative estimate of drug-likeness (QED) is 0.243. The maximum atomic E-state index is 10.3. The SMILES string of the molecule is CCCCCCCCn1c(/N=C/c2cc(Br)cc(Br)c2O)nc2ccccc21. The summed E-state index contributed by atoms with van der Waals surface area (Å²) >= 11 is 6.82. The van der Waals surface area contributed by atoms with E-state index in [1.165, 1.54) is 32.1 Å². The summed E-state index contributed by atoms with van der Waals surface area (Å²) in [4.78, 5) is 9.30. The van der Waals surface area contributed by atoms with Crippen LogP contribution in [-0.2, 0) is 6.54 Å². The van der Waals surface area contributed by atoms with Crippen LogP contribution in [0, 0.1) is 0 Å². The van der Waals surface area contributed by atoms with E-state index in [1.54, 1.807) is 12.3 Å². The lowest BCUT2D eigenvalue weighted by Gasteiger charge is -2.07. The number of rotatable bonds is 9. The van der Waals surface area contributed by atoms with Gasteiger partial charge in [0.15, 0.2) is 0 Å². The second-order valence-electron chi connectivity index (χ2n) is 6.90. The van der Waals surface area contributed by atoms with Crippen molar-refractivity contribution in [1.29, 1.82) is 0 Å². The average molecular weight is 507 g/mol. The molecule has 0 aliphatic rings. The lowest BCUT2D eigenvalue weighted by Crippen LogP contribution is -1.98. The number of halogens is 2. The number of aromatic nitrogens is 2. The first kappa shape index (κ1) is 21.1. The van der Waals surface area contributed by atoms with Crippen LogP contribution in [0.15, 0.2) is 50.3 Å². The van der Waals surface area contributed by atoms with E-state index >= 15 is 0 Å². The van der Waals surface area contributed by atoms with E-state index in [1.807, 2.05) is 24.3 Å². The molecule has 0 bridgehead atoms. The van der Waals surface area contributed by atoms with Crippen LogP contribution >= 0.6 is 31.9 Å². The van der Waals surface area contributed by atoms with Gasteiger partial charge in [0.25, 0.3) is 0 Å². The number of phenolic OH excluding ortho intramolecular Hbond substituents is 1. The highest BCUT2D eigenvalue weighted by molar-refractivity contribution is 9.11. The number of hydrogen-bond donors (Lipinski definition) is 1. The second-order valence-corrected chi connectivity index (χ2v) is 8.67. The van der Waals surface area contributed by atoms with Crippen LogP contribution in [0.1, 0.15) is 51.0 Å². The van der Waals surface area contributed by atoms with Crippen molar-refractivity contribution >= 4 is 55.1 Å². The van der Waals surface area contributed by atoms with Crippen LogP contribution < -0.4 is 0 Å². The minimum Gasteiger partial charge on any atom is -0.506 e. The van der Waals surface area contributed by atoms with Gasteiger partial charge in [0.1, 0.15) is 5.75 Å². The molecule has 3 rings (SSSR count). The monoisotopic (exact) mass is 505 g/mol. The van der Waals surface area contributed by atoms with Crippen molar-refractivity contribution in [2.75, 3.05) is 0 Å². The molecule has 6 heteroatoms. The van der Waals surface area contributed by atoms with Gasteiger partial charge in [-0.2, -0.15) is 0 Å². The number of benzene rings is 2. The number of imidazole rings is 1. The van der Waals surface area contributed by atoms with E-state index in [2.05, 4.69) is 54.4 Å². The zero-order valence-corrected chi connectivity index (χ0v) is 19.2. The number of aryl methyl sites for hydroxylation is 1. The first-order chi connectivity index (χ1) is 13.6. The van der Waals surface area contributed by atoms with Gasteiger partial charge in [-0.3, -0.25) is 0 Å². The summed E-state index contributed by atoms with van der Waals surface area (Å²) in [6.45, 7) is 3.14. The van der Waals surface area contributed by atoms with Crippen LogP contribution in [0.4, 0.5) is 5.95 Å². The van der Waals surface area contributed by atoms with Crippen molar-refractivity contribution < 1.29 is 5.11 Å². The summed E-state index contributed by atoms with van der Waals surface area (Å²) in [5, 5.41) is 10.3. The molecule has 0 unspecified atom stereocenters. The van der Waals surface area contributed by atoms with Crippen molar-refractivity contribution in [3.05, 3.63) is 50.9 Å². The van der Waals surface area contributed by atoms with Crippen molar-refractivity contribution in [1.82, 2.24) is 9.55 Å². The Morgan fingerprint density at radius 1 is 1.07 bits per heavy atom. The number of aliphatic imine (C=N–C) groups is 1. The highest BCUT2D eigenvalue weighted by Crippen LogP contribution is 2.31. The van der Waals surface area contributed by atoms with E-state index in [0.29, 0.717) is 16.0 Å². The number of fused-ring (bicyclic) bond motifs is 1. The predicted molar refractivity (Wildman–Crippen MR) is 124 cm³/mol. The molecule has 1 aromatic heterocycles. The third-order valence-corrected chi connectivity index (χ3v) is 5.81. The van der Waals surface area contributed by atoms with E-state index in [9.17, 15) is 5.11 Å². The molecule has 0 spiro atoms. The number of phenols is 1. The normalized spacial score (nSPS) is 11.7. The molecule has 0 saturated heterocycles. The Hall–Kier alpha value is -1.66. The third-order valence-electron chi connectivity index (χ3n) is 4.75. The Labute approximate surface area is 183 Å². The molecule has 0 fully saturated rings. The molecule has 0 aliphatic heterocycles. The number of para-hydroxylation sites is 2. The third kappa shape index (κ3) is 5.23. The molecular formula is C22H25Br2N3O. The van der Waals surface area contributed by atoms with Gasteiger partial charge in [0, 0.05) is 22.8 Å². The highest BCUT2D eigenvalue weighted by Gasteiger charge is 2.10. The molecule has 3 aromatic rings. The zero-order chi connectivity index (χ0) is 19.9. The summed E-state index contributed by atoms with van der Waals surface area (Å²) in [5.74, 6) is 0.843. The van der Waals surface area contributed by atoms with Gasteiger partial charge in [-0.05, 0) is 46.6 Å². The zero-order valence-electron chi connectivity index (χ0n) is 16.0. The summed E-state index contributed by atoms with van der Waals surface area (Å²) in [6, 6.07) is 11.8. The summed E-state index contributed by atoms with van der Waals surface area (Å²) in [7, 11) is 0. The molecule has 28 heavy (non-hydrogen) atoms. The van der Waals surface area contributed by atoms with Crippen molar-refractivity contribution in [2.45, 2.75) is 52.0 Å². The van der Waals surface area contributed by atoms with Crippen LogP contribution in [0.5, 0.6) is 5.75 Å². The molecule has 0 amide bonds. The van der Waals surface area contributed by atoms with E-state index in [-0.39, 0.29) is 5.75 Å². The Bertz CT molecular complexity index is 966. The molecule has 4 nitrogen and oxygen atoms in total. The van der Waals surface area contributed by atoms with Crippen LogP contribution in [0.3, 0.4) is 0 Å². The van der Waals surface area contributed by atoms with E-state index in [0.717, 1.165) is 28.5 Å². The lowest BCUT2D eigenvalue weighted by atomic mass is 10.1. The number of hydrogen-bond acceptors (Lipinski definition) is 3. The van der Waals surface area contributed by atoms with Gasteiger partial charge in [0.2, 0.25) is 5.95 Å². The largest absolute Gasteiger partial charge is 0.506 e. The molecule has 0 saturated carbocycles. The Morgan fingerprint density at radius 3 is 2.64 bits per heavy atom. The topological polar surface area (TPSA) is 50.4 Å². The fourth-order valence-corrected chi connectivity index (χ4v) is 4.50. The van der Waals surface area contributed by atoms with Gasteiger partial charge in [-0.25, -0.2) is 9.98 Å². The first-order valence-corrected chi connectivity index (χ1v) is 11.4. The maximum Gasteiger partial charge on any atom is 0.230 e. The average Bonchev–Trinajstić information content (AvgIpc) is 3.04. The Morgan fingerprint density at radius 2 is 1.82 bits per heavy atom. The fraction of sp³-hybridized carbons (Fsp3) is 0.364. The molecule has 148 valence electrons. The molecule has 2 aromatic carbocycles. The van der Waals surface area contributed by atoms with Gasteiger partial charge in [-0.1, -0.05) is 67.1 Å². The molecule has 1 N–H and O–H groups in total. The molecule has 0 atom stereocenters. The van der Waals surface area contributed by atoms with Crippen molar-refractivity contribution in [3.8, 4) is 5.75 Å². The second kappa shape index (κ2) is 10.2. The summed E-state index contributed by atoms with van der Waals surface area (Å²) in [6.07, 6.45) is 9.17. The number of unbranched alkanes of at least 4 members (excludes halogenated alkanes) is 5. The standard InChI is InChI=1S/C22H25Br2N3O/c1-2-3-4-5-6-9-12-27-20-11-8-7-10-19(20)26-22(27)25-15-16-13-17(23)14-18(24)21(16)28/h7-8,10-11,13-15,28H,2-6,9,12H2,1H3/b25-15+. The molecule has 0 radical (unpaired) electrons. The van der Waals surface area contributed by atoms with Crippen molar-refractivity contribution in [2.24, 2.45) is 4.99 Å². The van der Waals surface area contributed by atoms with Gasteiger partial charge >= 0.3 is 0 Å². The summed E-state index contributed by atoms with van der Waals surface area (Å²) < 4.78 is 3.68. The van der Waals surface area contributed by atoms with Crippen LogP contribution in [-0.4, -0.2) is 20.9 Å². The van der Waals surface area contributed by atoms with Gasteiger partial charge in [-0.15, -0.1) is 0 Å². The molecule has 1 heterocycles. The van der Waals surface area contributed by atoms with E-state index in [4.69, 9.17) is 4.98 Å². The number of nitrogens with zero attached hydrogens (tertiary/aromatic N) is 3. The Kier molecular flexibility index (Phi) is 7.68. The minimum absolute atomic E-state index is 0.172. The van der Waals surface area contributed by atoms with Crippen LogP contribution in [0.25, 0.3) is 11.0 Å². The van der Waals surface area contributed by atoms with E-state index < -0.39 is 0 Å². The Balaban J connectivity index is 1.82. The predicted octanol–water partition coefficient (Wildman–Crippen LogP) is 7.38. The maximum absolute atomic E-state index is 10.3. The summed E-state index contributed by atoms with van der Waals surface area (Å²) in [5.41, 5.74) is 2.68. The van der Waals surface area contributed by atoms with Crippen LogP contribution in [0.2, 0.25) is 0 Å². The highest BCUT2D eigenvalue weighted by atomic mass is 79.9. The number of aromatic hydroxyl groups is 1. The fourth-order valence-electron chi connectivity index (χ4n) is 3.24. The minimum atomic E-state index is 0.172. The van der Waals surface area contributed by atoms with Gasteiger partial charge in [0.05, 0.1) is 15.5 Å². The molecular weight excluding hydrogens is 482 g/mol.